The molecule has 1 N–H and O–H groups in total. The van der Waals surface area contributed by atoms with Crippen LogP contribution in [-0.2, 0) is 0 Å². The van der Waals surface area contributed by atoms with Crippen molar-refractivity contribution in [1.29, 1.82) is 0 Å². The molecule has 78 valence electrons. The summed E-state index contributed by atoms with van der Waals surface area (Å²) in [5.74, 6) is 0.525. The van der Waals surface area contributed by atoms with Gasteiger partial charge in [0.15, 0.2) is 5.65 Å². The molecule has 1 aliphatic rings. The highest BCUT2D eigenvalue weighted by molar-refractivity contribution is 5.72. The minimum absolute atomic E-state index is 0.525. The summed E-state index contributed by atoms with van der Waals surface area (Å²) in [5.41, 5.74) is 2.79. The SMILES string of the molecule is CN1CC[C@H](c2[nH]nc3nccnc23)C1. The Morgan fingerprint density at radius 2 is 2.27 bits per heavy atom. The lowest BCUT2D eigenvalue weighted by molar-refractivity contribution is 0.411. The van der Waals surface area contributed by atoms with E-state index in [0.29, 0.717) is 5.92 Å². The van der Waals surface area contributed by atoms with Crippen molar-refractivity contribution in [2.45, 2.75) is 12.3 Å². The minimum atomic E-state index is 0.525. The Kier molecular flexibility index (Phi) is 1.92. The first-order chi connectivity index (χ1) is 7.34. The molecule has 3 heterocycles. The van der Waals surface area contributed by atoms with Crippen LogP contribution in [0.2, 0.25) is 0 Å². The fraction of sp³-hybridized carbons (Fsp3) is 0.500. The highest BCUT2D eigenvalue weighted by Crippen LogP contribution is 2.28. The number of fused-ring (bicyclic) bond motifs is 1. The van der Waals surface area contributed by atoms with E-state index in [1.807, 2.05) is 0 Å². The molecule has 0 aliphatic carbocycles. The Morgan fingerprint density at radius 1 is 1.40 bits per heavy atom. The Bertz CT molecular complexity index is 477. The van der Waals surface area contributed by atoms with Gasteiger partial charge in [-0.25, -0.2) is 9.97 Å². The van der Waals surface area contributed by atoms with Gasteiger partial charge in [0, 0.05) is 24.9 Å². The second-order valence-corrected chi connectivity index (χ2v) is 4.11. The average Bonchev–Trinajstić information content (AvgIpc) is 2.83. The highest BCUT2D eigenvalue weighted by Gasteiger charge is 2.25. The molecule has 0 aromatic carbocycles. The van der Waals surface area contributed by atoms with Gasteiger partial charge in [-0.15, -0.1) is 0 Å². The lowest BCUT2D eigenvalue weighted by atomic mass is 10.0. The molecule has 0 bridgehead atoms. The van der Waals surface area contributed by atoms with Gasteiger partial charge in [-0.1, -0.05) is 0 Å². The maximum Gasteiger partial charge on any atom is 0.199 e. The van der Waals surface area contributed by atoms with Crippen LogP contribution in [0.15, 0.2) is 12.4 Å². The number of nitrogens with zero attached hydrogens (tertiary/aromatic N) is 4. The third kappa shape index (κ3) is 1.39. The monoisotopic (exact) mass is 203 g/mol. The van der Waals surface area contributed by atoms with E-state index in [-0.39, 0.29) is 0 Å². The summed E-state index contributed by atoms with van der Waals surface area (Å²) in [5, 5.41) is 7.25. The van der Waals surface area contributed by atoms with Crippen LogP contribution in [0.25, 0.3) is 11.2 Å². The number of likely N-dealkylation sites (N-methyl/N-ethyl adjacent to an activating group) is 1. The third-order valence-corrected chi connectivity index (χ3v) is 3.02. The summed E-state index contributed by atoms with van der Waals surface area (Å²) in [4.78, 5) is 10.8. The number of aromatic nitrogens is 4. The molecule has 3 rings (SSSR count). The Labute approximate surface area is 87.5 Å². The Morgan fingerprint density at radius 3 is 3.07 bits per heavy atom. The second kappa shape index (κ2) is 3.27. The van der Waals surface area contributed by atoms with Gasteiger partial charge in [-0.3, -0.25) is 5.10 Å². The molecule has 0 saturated carbocycles. The Balaban J connectivity index is 2.04. The molecule has 5 heteroatoms. The predicted molar refractivity (Wildman–Crippen MR) is 56.5 cm³/mol. The van der Waals surface area contributed by atoms with Crippen LogP contribution in [0.1, 0.15) is 18.0 Å². The zero-order valence-electron chi connectivity index (χ0n) is 8.64. The van der Waals surface area contributed by atoms with Crippen molar-refractivity contribution < 1.29 is 0 Å². The molecular formula is C10H13N5. The summed E-state index contributed by atoms with van der Waals surface area (Å²) in [6, 6.07) is 0. The molecule has 0 spiro atoms. The quantitative estimate of drug-likeness (QED) is 0.743. The van der Waals surface area contributed by atoms with Crippen LogP contribution in [-0.4, -0.2) is 45.2 Å². The van der Waals surface area contributed by atoms with E-state index in [0.717, 1.165) is 29.9 Å². The fourth-order valence-corrected chi connectivity index (χ4v) is 2.22. The molecule has 2 aromatic heterocycles. The van der Waals surface area contributed by atoms with E-state index in [9.17, 15) is 0 Å². The van der Waals surface area contributed by atoms with E-state index in [2.05, 4.69) is 32.1 Å². The van der Waals surface area contributed by atoms with E-state index >= 15 is 0 Å². The number of rotatable bonds is 1. The lowest BCUT2D eigenvalue weighted by Gasteiger charge is -2.07. The van der Waals surface area contributed by atoms with Crippen molar-refractivity contribution >= 4 is 11.2 Å². The van der Waals surface area contributed by atoms with Crippen molar-refractivity contribution in [3.05, 3.63) is 18.1 Å². The maximum atomic E-state index is 4.34. The molecule has 1 atom stereocenters. The van der Waals surface area contributed by atoms with Crippen molar-refractivity contribution in [3.63, 3.8) is 0 Å². The van der Waals surface area contributed by atoms with E-state index in [1.165, 1.54) is 6.42 Å². The van der Waals surface area contributed by atoms with Crippen LogP contribution in [0, 0.1) is 0 Å². The fourth-order valence-electron chi connectivity index (χ4n) is 2.22. The van der Waals surface area contributed by atoms with Gasteiger partial charge in [-0.2, -0.15) is 5.10 Å². The van der Waals surface area contributed by atoms with Crippen molar-refractivity contribution in [2.75, 3.05) is 20.1 Å². The molecule has 0 radical (unpaired) electrons. The zero-order valence-corrected chi connectivity index (χ0v) is 8.64. The van der Waals surface area contributed by atoms with Gasteiger partial charge in [0.2, 0.25) is 0 Å². The number of likely N-dealkylation sites (tertiary alicyclic amines) is 1. The highest BCUT2D eigenvalue weighted by atomic mass is 15.2. The van der Waals surface area contributed by atoms with Gasteiger partial charge in [0.25, 0.3) is 0 Å². The molecule has 0 amide bonds. The molecule has 1 aliphatic heterocycles. The van der Waals surface area contributed by atoms with E-state index < -0.39 is 0 Å². The van der Waals surface area contributed by atoms with Crippen molar-refractivity contribution in [2.24, 2.45) is 0 Å². The second-order valence-electron chi connectivity index (χ2n) is 4.11. The minimum Gasteiger partial charge on any atom is -0.306 e. The largest absolute Gasteiger partial charge is 0.306 e. The summed E-state index contributed by atoms with van der Waals surface area (Å²) >= 11 is 0. The van der Waals surface area contributed by atoms with Gasteiger partial charge >= 0.3 is 0 Å². The third-order valence-electron chi connectivity index (χ3n) is 3.02. The number of H-pyrrole nitrogens is 1. The van der Waals surface area contributed by atoms with Gasteiger partial charge in [0.05, 0.1) is 5.69 Å². The number of hydrogen-bond acceptors (Lipinski definition) is 4. The Hall–Kier alpha value is -1.49. The number of hydrogen-bond donors (Lipinski definition) is 1. The lowest BCUT2D eigenvalue weighted by Crippen LogP contribution is -2.13. The first kappa shape index (κ1) is 8.79. The summed E-state index contributed by atoms with van der Waals surface area (Å²) in [7, 11) is 2.14. The van der Waals surface area contributed by atoms with Crippen LogP contribution in [0.3, 0.4) is 0 Å². The van der Waals surface area contributed by atoms with Gasteiger partial charge in [0.1, 0.15) is 5.52 Å². The zero-order chi connectivity index (χ0) is 10.3. The molecule has 1 saturated heterocycles. The summed E-state index contributed by atoms with van der Waals surface area (Å²) in [6.45, 7) is 2.22. The van der Waals surface area contributed by atoms with Crippen LogP contribution < -0.4 is 0 Å². The first-order valence-electron chi connectivity index (χ1n) is 5.18. The van der Waals surface area contributed by atoms with Crippen LogP contribution >= 0.6 is 0 Å². The topological polar surface area (TPSA) is 57.7 Å². The smallest absolute Gasteiger partial charge is 0.199 e. The molecular weight excluding hydrogens is 190 g/mol. The van der Waals surface area contributed by atoms with Crippen LogP contribution in [0.4, 0.5) is 0 Å². The summed E-state index contributed by atoms with van der Waals surface area (Å²) in [6.07, 6.45) is 4.57. The standard InChI is InChI=1S/C10H13N5/c1-15-5-2-7(6-15)8-9-10(14-13-8)12-4-3-11-9/h3-4,7H,2,5-6H2,1H3,(H,12,13,14)/t7-/m0/s1. The van der Waals surface area contributed by atoms with E-state index in [1.54, 1.807) is 12.4 Å². The number of aromatic amines is 1. The average molecular weight is 203 g/mol. The molecule has 2 aromatic rings. The van der Waals surface area contributed by atoms with Crippen molar-refractivity contribution in [1.82, 2.24) is 25.1 Å². The molecule has 15 heavy (non-hydrogen) atoms. The molecule has 1 fully saturated rings. The van der Waals surface area contributed by atoms with E-state index in [4.69, 9.17) is 0 Å². The maximum absolute atomic E-state index is 4.34. The van der Waals surface area contributed by atoms with Gasteiger partial charge < -0.3 is 4.90 Å². The molecule has 0 unspecified atom stereocenters. The normalized spacial score (nSPS) is 22.6. The van der Waals surface area contributed by atoms with Crippen molar-refractivity contribution in [3.8, 4) is 0 Å². The van der Waals surface area contributed by atoms with Crippen LogP contribution in [0.5, 0.6) is 0 Å². The molecule has 5 nitrogen and oxygen atoms in total. The predicted octanol–water partition coefficient (Wildman–Crippen LogP) is 0.772. The summed E-state index contributed by atoms with van der Waals surface area (Å²) < 4.78 is 0. The van der Waals surface area contributed by atoms with Gasteiger partial charge in [-0.05, 0) is 20.0 Å². The number of nitrogens with one attached hydrogen (secondary N) is 1. The first-order valence-corrected chi connectivity index (χ1v) is 5.18.